The van der Waals surface area contributed by atoms with E-state index in [0.717, 1.165) is 17.2 Å². The van der Waals surface area contributed by atoms with E-state index in [2.05, 4.69) is 15.3 Å². The van der Waals surface area contributed by atoms with E-state index < -0.39 is 0 Å². The van der Waals surface area contributed by atoms with Gasteiger partial charge in [0.1, 0.15) is 11.4 Å². The molecule has 3 rings (SSSR count). The van der Waals surface area contributed by atoms with Crippen LogP contribution in [0, 0.1) is 6.92 Å². The van der Waals surface area contributed by atoms with Gasteiger partial charge in [0.15, 0.2) is 0 Å². The van der Waals surface area contributed by atoms with Crippen LogP contribution in [0.25, 0.3) is 11.6 Å². The summed E-state index contributed by atoms with van der Waals surface area (Å²) in [6.45, 7) is 1.98. The Kier molecular flexibility index (Phi) is 4.15. The number of aryl methyl sites for hydroxylation is 2. The fraction of sp³-hybridized carbons (Fsp3) is 0.267. The number of aromatic nitrogens is 4. The van der Waals surface area contributed by atoms with Crippen molar-refractivity contribution in [2.24, 2.45) is 7.05 Å². The Morgan fingerprint density at radius 1 is 1.23 bits per heavy atom. The highest BCUT2D eigenvalue weighted by Crippen LogP contribution is 2.26. The highest BCUT2D eigenvalue weighted by molar-refractivity contribution is 7.98. The van der Waals surface area contributed by atoms with Crippen LogP contribution in [0.3, 0.4) is 0 Å². The quantitative estimate of drug-likeness (QED) is 0.674. The molecular weight excluding hydrogens is 300 g/mol. The van der Waals surface area contributed by atoms with Gasteiger partial charge in [-0.05, 0) is 30.7 Å². The summed E-state index contributed by atoms with van der Waals surface area (Å²) in [5.41, 5.74) is 2.91. The van der Waals surface area contributed by atoms with Gasteiger partial charge in [-0.3, -0.25) is 4.68 Å². The first-order valence-electron chi connectivity index (χ1n) is 6.76. The molecule has 0 unspecified atom stereocenters. The van der Waals surface area contributed by atoms with Crippen molar-refractivity contribution in [1.29, 1.82) is 0 Å². The molecule has 6 nitrogen and oxygen atoms in total. The van der Waals surface area contributed by atoms with Gasteiger partial charge in [0.2, 0.25) is 0 Å². The zero-order chi connectivity index (χ0) is 15.5. The number of hydrogen-bond acceptors (Lipinski definition) is 6. The number of benzene rings is 1. The minimum atomic E-state index is 0.445. The molecule has 114 valence electrons. The maximum absolute atomic E-state index is 5.64. The van der Waals surface area contributed by atoms with Gasteiger partial charge < -0.3 is 9.15 Å². The molecule has 2 heterocycles. The molecular formula is C15H16N4O2S. The highest BCUT2D eigenvalue weighted by atomic mass is 32.2. The van der Waals surface area contributed by atoms with Crippen molar-refractivity contribution in [3.63, 3.8) is 0 Å². The number of methoxy groups -OCH3 is 1. The second kappa shape index (κ2) is 6.23. The van der Waals surface area contributed by atoms with Gasteiger partial charge in [0.25, 0.3) is 11.1 Å². The normalized spacial score (nSPS) is 10.9. The van der Waals surface area contributed by atoms with Crippen molar-refractivity contribution in [1.82, 2.24) is 20.0 Å². The standard InChI is InChI=1S/C15H16N4O2S/c1-10-8-13(18-19(10)2)14-16-17-15(21-14)22-9-11-4-6-12(20-3)7-5-11/h4-8H,9H2,1-3H3. The van der Waals surface area contributed by atoms with Gasteiger partial charge in [-0.25, -0.2) is 0 Å². The summed E-state index contributed by atoms with van der Waals surface area (Å²) in [5, 5.41) is 13.0. The molecule has 7 heteroatoms. The molecule has 0 aliphatic carbocycles. The summed E-state index contributed by atoms with van der Waals surface area (Å²) in [6, 6.07) is 9.83. The molecule has 0 aliphatic heterocycles. The van der Waals surface area contributed by atoms with Crippen LogP contribution in [0.5, 0.6) is 5.75 Å². The average molecular weight is 316 g/mol. The Morgan fingerprint density at radius 2 is 2.00 bits per heavy atom. The van der Waals surface area contributed by atoms with E-state index in [1.54, 1.807) is 11.8 Å². The Balaban J connectivity index is 1.66. The number of hydrogen-bond donors (Lipinski definition) is 0. The van der Waals surface area contributed by atoms with Crippen molar-refractivity contribution in [2.75, 3.05) is 7.11 Å². The van der Waals surface area contributed by atoms with Gasteiger partial charge in [0, 0.05) is 18.5 Å². The number of nitrogens with zero attached hydrogens (tertiary/aromatic N) is 4. The first-order chi connectivity index (χ1) is 10.7. The summed E-state index contributed by atoms with van der Waals surface area (Å²) in [4.78, 5) is 0. The molecule has 0 atom stereocenters. The summed E-state index contributed by atoms with van der Waals surface area (Å²) in [6.07, 6.45) is 0. The maximum Gasteiger partial charge on any atom is 0.277 e. The number of ether oxygens (including phenoxy) is 1. The van der Waals surface area contributed by atoms with E-state index >= 15 is 0 Å². The van der Waals surface area contributed by atoms with Crippen molar-refractivity contribution >= 4 is 11.8 Å². The van der Waals surface area contributed by atoms with Gasteiger partial charge in [0.05, 0.1) is 7.11 Å². The van der Waals surface area contributed by atoms with Crippen molar-refractivity contribution in [3.8, 4) is 17.3 Å². The predicted octanol–water partition coefficient (Wildman–Crippen LogP) is 3.08. The van der Waals surface area contributed by atoms with Crippen LogP contribution < -0.4 is 4.74 Å². The van der Waals surface area contributed by atoms with E-state index in [1.165, 1.54) is 17.3 Å². The average Bonchev–Trinajstić information content (AvgIpc) is 3.13. The Hall–Kier alpha value is -2.28. The SMILES string of the molecule is COc1ccc(CSc2nnc(-c3cc(C)n(C)n3)o2)cc1. The zero-order valence-electron chi connectivity index (χ0n) is 12.6. The molecule has 3 aromatic rings. The molecule has 0 radical (unpaired) electrons. The Bertz CT molecular complexity index is 745. The fourth-order valence-corrected chi connectivity index (χ4v) is 2.62. The topological polar surface area (TPSA) is 66.0 Å². The van der Waals surface area contributed by atoms with Crippen LogP contribution in [0.4, 0.5) is 0 Å². The first kappa shape index (κ1) is 14.6. The predicted molar refractivity (Wildman–Crippen MR) is 83.8 cm³/mol. The third kappa shape index (κ3) is 3.14. The van der Waals surface area contributed by atoms with Gasteiger partial charge >= 0.3 is 0 Å². The molecule has 0 amide bonds. The second-order valence-corrected chi connectivity index (χ2v) is 5.73. The lowest BCUT2D eigenvalue weighted by molar-refractivity contribution is 0.414. The van der Waals surface area contributed by atoms with E-state index in [0.29, 0.717) is 16.8 Å². The van der Waals surface area contributed by atoms with Crippen molar-refractivity contribution in [2.45, 2.75) is 17.9 Å². The summed E-state index contributed by atoms with van der Waals surface area (Å²) in [7, 11) is 3.54. The fourth-order valence-electron chi connectivity index (χ4n) is 1.90. The molecule has 0 saturated carbocycles. The van der Waals surface area contributed by atoms with Crippen molar-refractivity contribution < 1.29 is 9.15 Å². The van der Waals surface area contributed by atoms with Crippen LogP contribution >= 0.6 is 11.8 Å². The van der Waals surface area contributed by atoms with Gasteiger partial charge in [-0.15, -0.1) is 10.2 Å². The van der Waals surface area contributed by atoms with Crippen LogP contribution in [0.15, 0.2) is 40.0 Å². The van der Waals surface area contributed by atoms with Crippen LogP contribution in [-0.2, 0) is 12.8 Å². The summed E-state index contributed by atoms with van der Waals surface area (Å²) < 4.78 is 12.6. The zero-order valence-corrected chi connectivity index (χ0v) is 13.4. The third-order valence-corrected chi connectivity index (χ3v) is 4.15. The van der Waals surface area contributed by atoms with E-state index in [-0.39, 0.29) is 0 Å². The number of rotatable bonds is 5. The molecule has 0 bridgehead atoms. The third-order valence-electron chi connectivity index (χ3n) is 3.26. The first-order valence-corrected chi connectivity index (χ1v) is 7.74. The largest absolute Gasteiger partial charge is 0.497 e. The molecule has 0 spiro atoms. The van der Waals surface area contributed by atoms with Crippen LogP contribution in [0.1, 0.15) is 11.3 Å². The maximum atomic E-state index is 5.64. The minimum absolute atomic E-state index is 0.445. The second-order valence-electron chi connectivity index (χ2n) is 4.80. The number of thioether (sulfide) groups is 1. The monoisotopic (exact) mass is 316 g/mol. The highest BCUT2D eigenvalue weighted by Gasteiger charge is 2.13. The van der Waals surface area contributed by atoms with Gasteiger partial charge in [-0.2, -0.15) is 5.10 Å². The van der Waals surface area contributed by atoms with E-state index in [1.807, 2.05) is 44.3 Å². The Morgan fingerprint density at radius 3 is 2.64 bits per heavy atom. The van der Waals surface area contributed by atoms with E-state index in [9.17, 15) is 0 Å². The molecule has 0 N–H and O–H groups in total. The lowest BCUT2D eigenvalue weighted by Gasteiger charge is -2.01. The van der Waals surface area contributed by atoms with Crippen molar-refractivity contribution in [3.05, 3.63) is 41.6 Å². The smallest absolute Gasteiger partial charge is 0.277 e. The molecule has 1 aromatic carbocycles. The van der Waals surface area contributed by atoms with E-state index in [4.69, 9.17) is 9.15 Å². The lowest BCUT2D eigenvalue weighted by atomic mass is 10.2. The molecule has 0 aliphatic rings. The lowest BCUT2D eigenvalue weighted by Crippen LogP contribution is -1.92. The van der Waals surface area contributed by atoms with Crippen LogP contribution in [0.2, 0.25) is 0 Å². The molecule has 0 fully saturated rings. The molecule has 22 heavy (non-hydrogen) atoms. The molecule has 0 saturated heterocycles. The molecule has 2 aromatic heterocycles. The summed E-state index contributed by atoms with van der Waals surface area (Å²) in [5.74, 6) is 2.05. The minimum Gasteiger partial charge on any atom is -0.497 e. The Labute approximate surface area is 132 Å². The van der Waals surface area contributed by atoms with Gasteiger partial charge in [-0.1, -0.05) is 23.9 Å². The van der Waals surface area contributed by atoms with Crippen LogP contribution in [-0.4, -0.2) is 27.1 Å². The summed E-state index contributed by atoms with van der Waals surface area (Å²) >= 11 is 1.50.